The predicted octanol–water partition coefficient (Wildman–Crippen LogP) is 4.56. The summed E-state index contributed by atoms with van der Waals surface area (Å²) in [6.45, 7) is 2.71. The fraction of sp³-hybridized carbons (Fsp3) is 0.167. The number of carbonyl (C=O) groups is 1. The maximum absolute atomic E-state index is 12.5. The topological polar surface area (TPSA) is 135 Å². The van der Waals surface area contributed by atoms with E-state index in [1.807, 2.05) is 0 Å². The summed E-state index contributed by atoms with van der Waals surface area (Å²) in [5, 5.41) is 22.3. The SMILES string of the molecule is O=C1N=C(N2CCN(c3ccc([N+](=O)[O-])cc3)CC2)SC1=Cc1ccc(-c2ccc([N+](=O)[O-])cc2)o1. The molecule has 3 heterocycles. The number of thioether (sulfide) groups is 1. The molecule has 12 heteroatoms. The Morgan fingerprint density at radius 2 is 1.42 bits per heavy atom. The largest absolute Gasteiger partial charge is 0.457 e. The molecule has 182 valence electrons. The molecule has 1 amide bonds. The van der Waals surface area contributed by atoms with E-state index in [9.17, 15) is 25.0 Å². The minimum Gasteiger partial charge on any atom is -0.457 e. The van der Waals surface area contributed by atoms with Crippen molar-refractivity contribution in [3.63, 3.8) is 0 Å². The molecule has 3 aromatic rings. The second-order valence-corrected chi connectivity index (χ2v) is 9.07. The van der Waals surface area contributed by atoms with Gasteiger partial charge in [0.05, 0.1) is 14.8 Å². The number of hydrogen-bond acceptors (Lipinski definition) is 9. The number of nitro benzene ring substituents is 2. The fourth-order valence-corrected chi connectivity index (χ4v) is 4.88. The Labute approximate surface area is 209 Å². The van der Waals surface area contributed by atoms with Crippen LogP contribution in [-0.4, -0.2) is 52.0 Å². The third-order valence-electron chi connectivity index (χ3n) is 5.85. The van der Waals surface area contributed by atoms with Crippen LogP contribution in [0, 0.1) is 20.2 Å². The average molecular weight is 506 g/mol. The van der Waals surface area contributed by atoms with Gasteiger partial charge in [-0.3, -0.25) is 25.0 Å². The zero-order valence-corrected chi connectivity index (χ0v) is 19.6. The maximum Gasteiger partial charge on any atom is 0.286 e. The summed E-state index contributed by atoms with van der Waals surface area (Å²) in [7, 11) is 0. The van der Waals surface area contributed by atoms with Crippen molar-refractivity contribution in [1.29, 1.82) is 0 Å². The molecule has 2 aliphatic heterocycles. The van der Waals surface area contributed by atoms with E-state index in [4.69, 9.17) is 4.42 Å². The first-order valence-corrected chi connectivity index (χ1v) is 11.8. The van der Waals surface area contributed by atoms with Crippen LogP contribution in [-0.2, 0) is 4.79 Å². The molecule has 1 aromatic heterocycles. The van der Waals surface area contributed by atoms with Gasteiger partial charge in [-0.2, -0.15) is 4.99 Å². The highest BCUT2D eigenvalue weighted by Crippen LogP contribution is 2.33. The van der Waals surface area contributed by atoms with Gasteiger partial charge in [0.2, 0.25) is 0 Å². The minimum absolute atomic E-state index is 0.00106. The van der Waals surface area contributed by atoms with Crippen molar-refractivity contribution in [2.24, 2.45) is 4.99 Å². The molecule has 0 atom stereocenters. The normalized spacial score (nSPS) is 16.9. The first-order valence-electron chi connectivity index (χ1n) is 11.0. The molecule has 0 bridgehead atoms. The Hall–Kier alpha value is -4.45. The molecule has 0 unspecified atom stereocenters. The van der Waals surface area contributed by atoms with E-state index >= 15 is 0 Å². The standard InChI is InChI=1S/C24H19N5O6S/c30-23-22(15-20-9-10-21(35-20)16-1-3-18(4-2-16)28(31)32)36-24(25-23)27-13-11-26(12-14-27)17-5-7-19(8-6-17)29(33)34/h1-10,15H,11-14H2. The van der Waals surface area contributed by atoms with Crippen LogP contribution in [0.25, 0.3) is 17.4 Å². The third-order valence-corrected chi connectivity index (χ3v) is 6.89. The Kier molecular flexibility index (Phi) is 6.25. The number of nitro groups is 2. The maximum atomic E-state index is 12.5. The molecule has 1 fully saturated rings. The average Bonchev–Trinajstić information content (AvgIpc) is 3.51. The lowest BCUT2D eigenvalue weighted by atomic mass is 10.1. The van der Waals surface area contributed by atoms with Crippen molar-refractivity contribution >= 4 is 46.0 Å². The lowest BCUT2D eigenvalue weighted by Gasteiger charge is -2.36. The number of anilines is 1. The van der Waals surface area contributed by atoms with Crippen LogP contribution in [0.1, 0.15) is 5.76 Å². The molecule has 2 aromatic carbocycles. The summed E-state index contributed by atoms with van der Waals surface area (Å²) in [6, 6.07) is 16.0. The third kappa shape index (κ3) is 4.84. The Morgan fingerprint density at radius 3 is 2.03 bits per heavy atom. The van der Waals surface area contributed by atoms with Crippen LogP contribution in [0.2, 0.25) is 0 Å². The van der Waals surface area contributed by atoms with Crippen LogP contribution in [0.4, 0.5) is 17.1 Å². The van der Waals surface area contributed by atoms with E-state index < -0.39 is 9.85 Å². The number of piperazine rings is 1. The zero-order chi connectivity index (χ0) is 25.2. The van der Waals surface area contributed by atoms with Crippen molar-refractivity contribution in [3.8, 4) is 11.3 Å². The van der Waals surface area contributed by atoms with Crippen LogP contribution in [0.5, 0.6) is 0 Å². The highest BCUT2D eigenvalue weighted by atomic mass is 32.2. The molecule has 36 heavy (non-hydrogen) atoms. The van der Waals surface area contributed by atoms with Gasteiger partial charge in [0.15, 0.2) is 5.17 Å². The van der Waals surface area contributed by atoms with Gasteiger partial charge in [-0.05, 0) is 48.2 Å². The summed E-state index contributed by atoms with van der Waals surface area (Å²) < 4.78 is 5.82. The summed E-state index contributed by atoms with van der Waals surface area (Å²) >= 11 is 1.29. The van der Waals surface area contributed by atoms with Crippen LogP contribution < -0.4 is 4.90 Å². The van der Waals surface area contributed by atoms with E-state index in [0.29, 0.717) is 53.3 Å². The lowest BCUT2D eigenvalue weighted by Crippen LogP contribution is -2.47. The molecular formula is C24H19N5O6S. The fourth-order valence-electron chi connectivity index (χ4n) is 3.94. The van der Waals surface area contributed by atoms with Crippen molar-refractivity contribution in [2.45, 2.75) is 0 Å². The van der Waals surface area contributed by atoms with Gasteiger partial charge in [0.1, 0.15) is 11.5 Å². The highest BCUT2D eigenvalue weighted by molar-refractivity contribution is 8.18. The molecule has 2 aliphatic rings. The second-order valence-electron chi connectivity index (χ2n) is 8.06. The van der Waals surface area contributed by atoms with Gasteiger partial charge in [-0.15, -0.1) is 0 Å². The minimum atomic E-state index is -0.460. The molecule has 0 radical (unpaired) electrons. The highest BCUT2D eigenvalue weighted by Gasteiger charge is 2.29. The van der Waals surface area contributed by atoms with Gasteiger partial charge >= 0.3 is 0 Å². The van der Waals surface area contributed by atoms with Crippen molar-refractivity contribution in [1.82, 2.24) is 4.90 Å². The lowest BCUT2D eigenvalue weighted by molar-refractivity contribution is -0.385. The molecule has 5 rings (SSSR count). The van der Waals surface area contributed by atoms with Gasteiger partial charge in [0, 0.05) is 67.8 Å². The molecular weight excluding hydrogens is 486 g/mol. The molecule has 1 saturated heterocycles. The van der Waals surface area contributed by atoms with Crippen LogP contribution in [0.3, 0.4) is 0 Å². The van der Waals surface area contributed by atoms with E-state index in [2.05, 4.69) is 14.8 Å². The number of nitrogens with zero attached hydrogens (tertiary/aromatic N) is 5. The van der Waals surface area contributed by atoms with E-state index in [1.165, 1.54) is 36.0 Å². The van der Waals surface area contributed by atoms with E-state index in [-0.39, 0.29) is 17.3 Å². The predicted molar refractivity (Wildman–Crippen MR) is 136 cm³/mol. The Morgan fingerprint density at radius 1 is 0.833 bits per heavy atom. The number of amidine groups is 1. The second kappa shape index (κ2) is 9.66. The summed E-state index contributed by atoms with van der Waals surface area (Å²) in [6.07, 6.45) is 1.64. The summed E-state index contributed by atoms with van der Waals surface area (Å²) in [4.78, 5) is 42.2. The molecule has 0 N–H and O–H groups in total. The van der Waals surface area contributed by atoms with Gasteiger partial charge in [-0.25, -0.2) is 0 Å². The number of amides is 1. The number of carbonyl (C=O) groups excluding carboxylic acids is 1. The molecule has 11 nitrogen and oxygen atoms in total. The monoisotopic (exact) mass is 505 g/mol. The quantitative estimate of drug-likeness (QED) is 0.278. The number of rotatable bonds is 5. The van der Waals surface area contributed by atoms with Gasteiger partial charge < -0.3 is 14.2 Å². The summed E-state index contributed by atoms with van der Waals surface area (Å²) in [5.41, 5.74) is 1.67. The van der Waals surface area contributed by atoms with Crippen molar-refractivity contribution in [3.05, 3.63) is 91.6 Å². The number of aliphatic imine (C=N–C) groups is 1. The Bertz CT molecular complexity index is 1390. The number of furan rings is 1. The van der Waals surface area contributed by atoms with Crippen LogP contribution >= 0.6 is 11.8 Å². The molecule has 0 saturated carbocycles. The van der Waals surface area contributed by atoms with Gasteiger partial charge in [0.25, 0.3) is 17.3 Å². The van der Waals surface area contributed by atoms with Crippen molar-refractivity contribution in [2.75, 3.05) is 31.1 Å². The smallest absolute Gasteiger partial charge is 0.286 e. The zero-order valence-electron chi connectivity index (χ0n) is 18.8. The number of non-ortho nitro benzene ring substituents is 2. The van der Waals surface area contributed by atoms with Crippen LogP contribution in [0.15, 0.2) is 75.0 Å². The first kappa shape index (κ1) is 23.3. The molecule has 0 spiro atoms. The van der Waals surface area contributed by atoms with E-state index in [0.717, 1.165) is 5.69 Å². The summed E-state index contributed by atoms with van der Waals surface area (Å²) in [5.74, 6) is 0.690. The Balaban J connectivity index is 1.20. The number of hydrogen-bond donors (Lipinski definition) is 0. The van der Waals surface area contributed by atoms with Gasteiger partial charge in [-0.1, -0.05) is 0 Å². The van der Waals surface area contributed by atoms with E-state index in [1.54, 1.807) is 42.5 Å². The van der Waals surface area contributed by atoms with Crippen molar-refractivity contribution < 1.29 is 19.1 Å². The number of benzene rings is 2. The first-order chi connectivity index (χ1) is 17.4. The molecule has 0 aliphatic carbocycles.